The summed E-state index contributed by atoms with van der Waals surface area (Å²) in [5, 5.41) is 9.43. The summed E-state index contributed by atoms with van der Waals surface area (Å²) >= 11 is 0. The van der Waals surface area contributed by atoms with Gasteiger partial charge in [-0.05, 0) is 11.6 Å². The first-order valence-corrected chi connectivity index (χ1v) is 4.96. The maximum atomic E-state index is 10.6. The van der Waals surface area contributed by atoms with E-state index in [0.29, 0.717) is 6.54 Å². The van der Waals surface area contributed by atoms with E-state index in [2.05, 4.69) is 20.5 Å². The molecular weight excluding hydrogens is 204 g/mol. The molecule has 0 aliphatic rings. The third-order valence-electron chi connectivity index (χ3n) is 2.09. The highest BCUT2D eigenvalue weighted by Gasteiger charge is 1.96. The largest absolute Gasteiger partial charge is 0.353 e. The molecule has 0 aliphatic carbocycles. The molecule has 0 bridgehead atoms. The van der Waals surface area contributed by atoms with Gasteiger partial charge in [0.15, 0.2) is 0 Å². The summed E-state index contributed by atoms with van der Waals surface area (Å²) in [6.45, 7) is 2.02. The average molecular weight is 216 g/mol. The Morgan fingerprint density at radius 3 is 3.25 bits per heavy atom. The van der Waals surface area contributed by atoms with Gasteiger partial charge in [0.05, 0.1) is 11.7 Å². The maximum absolute atomic E-state index is 10.6. The van der Waals surface area contributed by atoms with E-state index in [-0.39, 0.29) is 5.91 Å². The van der Waals surface area contributed by atoms with Gasteiger partial charge in [0.2, 0.25) is 5.91 Å². The zero-order chi connectivity index (χ0) is 11.4. The Kier molecular flexibility index (Phi) is 2.95. The van der Waals surface area contributed by atoms with Crippen molar-refractivity contribution in [3.05, 3.63) is 30.1 Å². The number of fused-ring (bicyclic) bond motifs is 1. The van der Waals surface area contributed by atoms with Crippen LogP contribution in [0.15, 0.2) is 24.5 Å². The van der Waals surface area contributed by atoms with Crippen molar-refractivity contribution in [3.63, 3.8) is 0 Å². The molecule has 2 N–H and O–H groups in total. The van der Waals surface area contributed by atoms with Gasteiger partial charge in [-0.2, -0.15) is 5.10 Å². The summed E-state index contributed by atoms with van der Waals surface area (Å²) in [7, 11) is 0. The number of hydrogen-bond donors (Lipinski definition) is 2. The van der Waals surface area contributed by atoms with Gasteiger partial charge in [0.1, 0.15) is 5.52 Å². The van der Waals surface area contributed by atoms with Crippen LogP contribution in [0.3, 0.4) is 0 Å². The monoisotopic (exact) mass is 216 g/mol. The molecule has 0 aromatic carbocycles. The quantitative estimate of drug-likeness (QED) is 0.807. The van der Waals surface area contributed by atoms with Gasteiger partial charge in [0.25, 0.3) is 0 Å². The summed E-state index contributed by atoms with van der Waals surface area (Å²) in [6, 6.07) is 1.96. The SMILES string of the molecule is CC(=O)NCC=Cc1cnc2cn[nH]c2c1. The number of hydrogen-bond acceptors (Lipinski definition) is 3. The number of nitrogens with one attached hydrogen (secondary N) is 2. The molecule has 16 heavy (non-hydrogen) atoms. The second-order valence-corrected chi connectivity index (χ2v) is 3.41. The fraction of sp³-hybridized carbons (Fsp3) is 0.182. The molecule has 5 nitrogen and oxygen atoms in total. The van der Waals surface area contributed by atoms with Crippen molar-refractivity contribution in [2.75, 3.05) is 6.54 Å². The van der Waals surface area contributed by atoms with E-state index in [1.165, 1.54) is 6.92 Å². The molecule has 1 amide bonds. The Bertz CT molecular complexity index is 530. The van der Waals surface area contributed by atoms with Crippen LogP contribution in [0, 0.1) is 0 Å². The summed E-state index contributed by atoms with van der Waals surface area (Å²) in [5.74, 6) is -0.0354. The summed E-state index contributed by atoms with van der Waals surface area (Å²) in [5.41, 5.74) is 2.72. The smallest absolute Gasteiger partial charge is 0.217 e. The van der Waals surface area contributed by atoms with Crippen molar-refractivity contribution in [2.24, 2.45) is 0 Å². The van der Waals surface area contributed by atoms with Gasteiger partial charge >= 0.3 is 0 Å². The minimum absolute atomic E-state index is 0.0354. The summed E-state index contributed by atoms with van der Waals surface area (Å²) < 4.78 is 0. The molecule has 0 saturated heterocycles. The van der Waals surface area contributed by atoms with Crippen molar-refractivity contribution in [2.45, 2.75) is 6.92 Å². The number of aromatic amines is 1. The highest BCUT2D eigenvalue weighted by atomic mass is 16.1. The van der Waals surface area contributed by atoms with Crippen LogP contribution in [0.4, 0.5) is 0 Å². The van der Waals surface area contributed by atoms with Gasteiger partial charge < -0.3 is 5.32 Å². The van der Waals surface area contributed by atoms with E-state index in [0.717, 1.165) is 16.6 Å². The number of amides is 1. The first kappa shape index (κ1) is 10.4. The third-order valence-corrected chi connectivity index (χ3v) is 2.09. The number of pyridine rings is 1. The Hall–Kier alpha value is -2.17. The second-order valence-electron chi connectivity index (χ2n) is 3.41. The molecule has 0 spiro atoms. The van der Waals surface area contributed by atoms with Crippen molar-refractivity contribution in [1.82, 2.24) is 20.5 Å². The van der Waals surface area contributed by atoms with Crippen LogP contribution in [-0.2, 0) is 4.79 Å². The molecule has 2 heterocycles. The first-order valence-electron chi connectivity index (χ1n) is 4.96. The molecule has 0 saturated carbocycles. The molecule has 0 unspecified atom stereocenters. The van der Waals surface area contributed by atoms with E-state index in [1.807, 2.05) is 18.2 Å². The van der Waals surface area contributed by atoms with Gasteiger partial charge in [-0.3, -0.25) is 14.9 Å². The van der Waals surface area contributed by atoms with Crippen molar-refractivity contribution < 1.29 is 4.79 Å². The third kappa shape index (κ3) is 2.44. The molecule has 2 aromatic heterocycles. The number of nitrogens with zero attached hydrogens (tertiary/aromatic N) is 2. The highest BCUT2D eigenvalue weighted by Crippen LogP contribution is 2.10. The number of H-pyrrole nitrogens is 1. The van der Waals surface area contributed by atoms with Crippen LogP contribution in [0.5, 0.6) is 0 Å². The Labute approximate surface area is 92.6 Å². The zero-order valence-electron chi connectivity index (χ0n) is 8.90. The summed E-state index contributed by atoms with van der Waals surface area (Å²) in [6.07, 6.45) is 7.23. The van der Waals surface area contributed by atoms with Crippen LogP contribution >= 0.6 is 0 Å². The Morgan fingerprint density at radius 1 is 1.56 bits per heavy atom. The minimum atomic E-state index is -0.0354. The summed E-state index contributed by atoms with van der Waals surface area (Å²) in [4.78, 5) is 14.8. The van der Waals surface area contributed by atoms with E-state index >= 15 is 0 Å². The number of carbonyl (C=O) groups is 1. The molecule has 0 radical (unpaired) electrons. The lowest BCUT2D eigenvalue weighted by molar-refractivity contribution is -0.118. The van der Waals surface area contributed by atoms with Gasteiger partial charge in [-0.25, -0.2) is 0 Å². The Balaban J connectivity index is 2.06. The van der Waals surface area contributed by atoms with Crippen molar-refractivity contribution in [3.8, 4) is 0 Å². The standard InChI is InChI=1S/C11H12N4O/c1-8(16)12-4-2-3-9-5-10-11(13-6-9)7-14-15-10/h2-3,5-7H,4H2,1H3,(H,12,16)(H,14,15). The lowest BCUT2D eigenvalue weighted by Crippen LogP contribution is -2.19. The minimum Gasteiger partial charge on any atom is -0.353 e. The van der Waals surface area contributed by atoms with Crippen LogP contribution in [0.2, 0.25) is 0 Å². The van der Waals surface area contributed by atoms with Crippen LogP contribution < -0.4 is 5.32 Å². The van der Waals surface area contributed by atoms with Crippen LogP contribution in [-0.4, -0.2) is 27.6 Å². The molecule has 2 aromatic rings. The number of aromatic nitrogens is 3. The van der Waals surface area contributed by atoms with Crippen molar-refractivity contribution >= 4 is 23.0 Å². The normalized spacial score (nSPS) is 11.1. The van der Waals surface area contributed by atoms with E-state index < -0.39 is 0 Å². The number of rotatable bonds is 3. The topological polar surface area (TPSA) is 70.7 Å². The van der Waals surface area contributed by atoms with E-state index in [1.54, 1.807) is 12.4 Å². The molecule has 5 heteroatoms. The molecule has 0 aliphatic heterocycles. The number of carbonyl (C=O) groups excluding carboxylic acids is 1. The molecular formula is C11H12N4O. The highest BCUT2D eigenvalue weighted by molar-refractivity contribution is 5.76. The second kappa shape index (κ2) is 4.57. The molecule has 2 rings (SSSR count). The fourth-order valence-corrected chi connectivity index (χ4v) is 1.34. The van der Waals surface area contributed by atoms with Crippen molar-refractivity contribution in [1.29, 1.82) is 0 Å². The average Bonchev–Trinajstić information content (AvgIpc) is 2.71. The molecule has 82 valence electrons. The van der Waals surface area contributed by atoms with Crippen LogP contribution in [0.25, 0.3) is 17.1 Å². The fourth-order valence-electron chi connectivity index (χ4n) is 1.34. The maximum Gasteiger partial charge on any atom is 0.217 e. The Morgan fingerprint density at radius 2 is 2.44 bits per heavy atom. The lowest BCUT2D eigenvalue weighted by atomic mass is 10.2. The molecule has 0 atom stereocenters. The lowest BCUT2D eigenvalue weighted by Gasteiger charge is -1.95. The predicted octanol–water partition coefficient (Wildman–Crippen LogP) is 1.11. The van der Waals surface area contributed by atoms with Crippen LogP contribution in [0.1, 0.15) is 12.5 Å². The molecule has 0 fully saturated rings. The first-order chi connectivity index (χ1) is 7.75. The van der Waals surface area contributed by atoms with E-state index in [4.69, 9.17) is 0 Å². The predicted molar refractivity (Wildman–Crippen MR) is 61.6 cm³/mol. The van der Waals surface area contributed by atoms with Gasteiger partial charge in [-0.15, -0.1) is 0 Å². The van der Waals surface area contributed by atoms with E-state index in [9.17, 15) is 4.79 Å². The van der Waals surface area contributed by atoms with Gasteiger partial charge in [-0.1, -0.05) is 12.2 Å². The van der Waals surface area contributed by atoms with Gasteiger partial charge in [0, 0.05) is 19.7 Å². The zero-order valence-corrected chi connectivity index (χ0v) is 8.90.